The van der Waals surface area contributed by atoms with Crippen molar-refractivity contribution in [3.8, 4) is 5.88 Å². The van der Waals surface area contributed by atoms with Crippen molar-refractivity contribution in [2.75, 3.05) is 0 Å². The van der Waals surface area contributed by atoms with Crippen LogP contribution in [-0.4, -0.2) is 16.3 Å². The molecule has 3 rings (SSSR count). The van der Waals surface area contributed by atoms with Crippen molar-refractivity contribution in [3.63, 3.8) is 0 Å². The molecule has 0 radical (unpaired) electrons. The molecule has 0 bridgehead atoms. The first-order valence-electron chi connectivity index (χ1n) is 6.04. The van der Waals surface area contributed by atoms with Crippen LogP contribution in [0.25, 0.3) is 10.9 Å². The molecule has 1 heterocycles. The van der Waals surface area contributed by atoms with E-state index in [-0.39, 0.29) is 10.9 Å². The third-order valence-corrected chi connectivity index (χ3v) is 3.55. The third kappa shape index (κ3) is 2.73. The van der Waals surface area contributed by atoms with Crippen molar-refractivity contribution < 1.29 is 9.50 Å². The number of benzene rings is 2. The van der Waals surface area contributed by atoms with Gasteiger partial charge in [0.05, 0.1) is 16.3 Å². The number of hydrogen-bond acceptors (Lipinski definition) is 2. The molecule has 3 aromatic rings. The summed E-state index contributed by atoms with van der Waals surface area (Å²) in [6.07, 6.45) is 1.48. The second kappa shape index (κ2) is 5.39. The number of halogens is 3. The monoisotopic (exact) mass is 322 g/mol. The molecule has 0 spiro atoms. The Morgan fingerprint density at radius 3 is 2.71 bits per heavy atom. The fourth-order valence-corrected chi connectivity index (χ4v) is 2.35. The minimum absolute atomic E-state index is 0.00385. The molecule has 6 heteroatoms. The highest BCUT2D eigenvalue weighted by Gasteiger charge is 2.09. The Labute approximate surface area is 129 Å². The molecular formula is C15H9Cl2FN2O. The number of fused-ring (bicyclic) bond motifs is 1. The zero-order chi connectivity index (χ0) is 15.0. The lowest BCUT2D eigenvalue weighted by Gasteiger charge is -1.97. The SMILES string of the molecule is Oc1[nH]c2ccc(Cl)cc2c1C=Nc1ccc(F)c(Cl)c1. The lowest BCUT2D eigenvalue weighted by molar-refractivity contribution is 0.457. The molecule has 1 aromatic heterocycles. The minimum atomic E-state index is -0.502. The number of rotatable bonds is 2. The van der Waals surface area contributed by atoms with E-state index in [2.05, 4.69) is 9.98 Å². The number of nitrogens with one attached hydrogen (secondary N) is 1. The maximum Gasteiger partial charge on any atom is 0.198 e. The summed E-state index contributed by atoms with van der Waals surface area (Å²) in [6, 6.07) is 9.36. The summed E-state index contributed by atoms with van der Waals surface area (Å²) in [6.45, 7) is 0. The molecule has 21 heavy (non-hydrogen) atoms. The molecule has 106 valence electrons. The summed E-state index contributed by atoms with van der Waals surface area (Å²) in [5.74, 6) is -0.512. The number of H-pyrrole nitrogens is 1. The van der Waals surface area contributed by atoms with Crippen LogP contribution in [0.1, 0.15) is 5.56 Å². The van der Waals surface area contributed by atoms with Crippen LogP contribution in [0.2, 0.25) is 10.0 Å². The zero-order valence-corrected chi connectivity index (χ0v) is 12.1. The van der Waals surface area contributed by atoms with Crippen molar-refractivity contribution in [2.45, 2.75) is 0 Å². The van der Waals surface area contributed by atoms with Gasteiger partial charge >= 0.3 is 0 Å². The normalized spacial score (nSPS) is 11.6. The van der Waals surface area contributed by atoms with Gasteiger partial charge in [-0.3, -0.25) is 4.99 Å². The lowest BCUT2D eigenvalue weighted by Crippen LogP contribution is -1.80. The molecule has 0 unspecified atom stereocenters. The van der Waals surface area contributed by atoms with E-state index in [0.717, 1.165) is 10.9 Å². The van der Waals surface area contributed by atoms with Crippen LogP contribution in [-0.2, 0) is 0 Å². The molecular weight excluding hydrogens is 314 g/mol. The Hall–Kier alpha value is -2.04. The molecule has 0 amide bonds. The van der Waals surface area contributed by atoms with Gasteiger partial charge in [0.2, 0.25) is 0 Å². The Kier molecular flexibility index (Phi) is 3.57. The fourth-order valence-electron chi connectivity index (χ4n) is 2.01. The van der Waals surface area contributed by atoms with Gasteiger partial charge in [-0.05, 0) is 36.4 Å². The molecule has 0 aliphatic carbocycles. The van der Waals surface area contributed by atoms with Crippen LogP contribution in [0, 0.1) is 5.82 Å². The number of aromatic hydroxyl groups is 1. The van der Waals surface area contributed by atoms with Gasteiger partial charge in [-0.25, -0.2) is 4.39 Å². The number of aromatic nitrogens is 1. The van der Waals surface area contributed by atoms with Crippen LogP contribution < -0.4 is 0 Å². The molecule has 0 saturated heterocycles. The average Bonchev–Trinajstić information content (AvgIpc) is 2.75. The van der Waals surface area contributed by atoms with Crippen molar-refractivity contribution in [1.29, 1.82) is 0 Å². The van der Waals surface area contributed by atoms with Gasteiger partial charge in [0.1, 0.15) is 5.82 Å². The Morgan fingerprint density at radius 1 is 1.14 bits per heavy atom. The lowest BCUT2D eigenvalue weighted by atomic mass is 10.2. The largest absolute Gasteiger partial charge is 0.494 e. The van der Waals surface area contributed by atoms with E-state index in [1.54, 1.807) is 18.2 Å². The van der Waals surface area contributed by atoms with E-state index in [1.807, 2.05) is 0 Å². The van der Waals surface area contributed by atoms with E-state index in [4.69, 9.17) is 23.2 Å². The van der Waals surface area contributed by atoms with Gasteiger partial charge < -0.3 is 10.1 Å². The molecule has 2 N–H and O–H groups in total. The van der Waals surface area contributed by atoms with Crippen LogP contribution in [0.15, 0.2) is 41.4 Å². The molecule has 3 nitrogen and oxygen atoms in total. The average molecular weight is 323 g/mol. The topological polar surface area (TPSA) is 48.4 Å². The van der Waals surface area contributed by atoms with E-state index in [0.29, 0.717) is 16.3 Å². The van der Waals surface area contributed by atoms with E-state index in [9.17, 15) is 9.50 Å². The van der Waals surface area contributed by atoms with Crippen molar-refractivity contribution in [2.24, 2.45) is 4.99 Å². The summed E-state index contributed by atoms with van der Waals surface area (Å²) in [7, 11) is 0. The highest BCUT2D eigenvalue weighted by molar-refractivity contribution is 6.31. The maximum absolute atomic E-state index is 13.1. The van der Waals surface area contributed by atoms with Crippen LogP contribution in [0.4, 0.5) is 10.1 Å². The van der Waals surface area contributed by atoms with Crippen molar-refractivity contribution >= 4 is 46.0 Å². The molecule has 0 saturated carbocycles. The van der Waals surface area contributed by atoms with Gasteiger partial charge in [0.25, 0.3) is 0 Å². The van der Waals surface area contributed by atoms with Crippen molar-refractivity contribution in [3.05, 3.63) is 57.8 Å². The first kappa shape index (κ1) is 13.9. The first-order valence-corrected chi connectivity index (χ1v) is 6.79. The molecule has 0 atom stereocenters. The Bertz CT molecular complexity index is 858. The van der Waals surface area contributed by atoms with Gasteiger partial charge in [-0.15, -0.1) is 0 Å². The van der Waals surface area contributed by atoms with Crippen LogP contribution in [0.3, 0.4) is 0 Å². The number of aromatic amines is 1. The Morgan fingerprint density at radius 2 is 1.95 bits per heavy atom. The maximum atomic E-state index is 13.1. The quantitative estimate of drug-likeness (QED) is 0.636. The molecule has 2 aromatic carbocycles. The summed E-state index contributed by atoms with van der Waals surface area (Å²) < 4.78 is 13.1. The highest BCUT2D eigenvalue weighted by atomic mass is 35.5. The number of hydrogen-bond donors (Lipinski definition) is 2. The minimum Gasteiger partial charge on any atom is -0.494 e. The zero-order valence-electron chi connectivity index (χ0n) is 10.6. The highest BCUT2D eigenvalue weighted by Crippen LogP contribution is 2.29. The molecule has 0 aliphatic heterocycles. The smallest absolute Gasteiger partial charge is 0.198 e. The fraction of sp³-hybridized carbons (Fsp3) is 0. The first-order chi connectivity index (χ1) is 10.0. The Balaban J connectivity index is 2.04. The number of aliphatic imine (C=N–C) groups is 1. The van der Waals surface area contributed by atoms with Gasteiger partial charge in [-0.1, -0.05) is 23.2 Å². The van der Waals surface area contributed by atoms with E-state index in [1.165, 1.54) is 24.4 Å². The van der Waals surface area contributed by atoms with Crippen molar-refractivity contribution in [1.82, 2.24) is 4.98 Å². The van der Waals surface area contributed by atoms with E-state index < -0.39 is 5.82 Å². The molecule has 0 fully saturated rings. The van der Waals surface area contributed by atoms with Crippen LogP contribution in [0.5, 0.6) is 5.88 Å². The van der Waals surface area contributed by atoms with Gasteiger partial charge in [0.15, 0.2) is 5.88 Å². The summed E-state index contributed by atoms with van der Waals surface area (Å²) >= 11 is 11.7. The van der Waals surface area contributed by atoms with Gasteiger partial charge in [0, 0.05) is 22.1 Å². The van der Waals surface area contributed by atoms with Crippen LogP contribution >= 0.6 is 23.2 Å². The second-order valence-corrected chi connectivity index (χ2v) is 5.28. The third-order valence-electron chi connectivity index (χ3n) is 3.03. The number of nitrogens with zero attached hydrogens (tertiary/aromatic N) is 1. The second-order valence-electron chi connectivity index (χ2n) is 4.43. The predicted octanol–water partition coefficient (Wildman–Crippen LogP) is 5.07. The standard InChI is InChI=1S/C15H9Cl2FN2O/c16-8-1-4-14-10(5-8)11(15(21)20-14)7-19-9-2-3-13(18)12(17)6-9/h1-7,20-21H. The predicted molar refractivity (Wildman–Crippen MR) is 83.6 cm³/mol. The summed E-state index contributed by atoms with van der Waals surface area (Å²) in [4.78, 5) is 7.02. The summed E-state index contributed by atoms with van der Waals surface area (Å²) in [5.41, 5.74) is 1.74. The van der Waals surface area contributed by atoms with E-state index >= 15 is 0 Å². The molecule has 0 aliphatic rings. The summed E-state index contributed by atoms with van der Waals surface area (Å²) in [5, 5.41) is 11.2. The van der Waals surface area contributed by atoms with Gasteiger partial charge in [-0.2, -0.15) is 0 Å².